The van der Waals surface area contributed by atoms with Gasteiger partial charge in [-0.3, -0.25) is 9.35 Å². The Balaban J connectivity index is 1.66. The van der Waals surface area contributed by atoms with E-state index >= 15 is 0 Å². The average molecular weight is 738 g/mol. The summed E-state index contributed by atoms with van der Waals surface area (Å²) in [5.74, 6) is -0.589. The second-order valence-electron chi connectivity index (χ2n) is 11.8. The monoisotopic (exact) mass is 737 g/mol. The molecule has 13 nitrogen and oxygen atoms in total. The first kappa shape index (κ1) is 39.4. The van der Waals surface area contributed by atoms with Gasteiger partial charge in [0.05, 0.1) is 11.0 Å². The molecule has 8 N–H and O–H groups in total. The third-order valence-corrected chi connectivity index (χ3v) is 10.4. The van der Waals surface area contributed by atoms with Crippen molar-refractivity contribution in [1.29, 1.82) is 0 Å². The van der Waals surface area contributed by atoms with Crippen LogP contribution in [0.5, 0.6) is 0 Å². The summed E-state index contributed by atoms with van der Waals surface area (Å²) in [6.45, 7) is 8.26. The van der Waals surface area contributed by atoms with Crippen molar-refractivity contribution in [3.63, 3.8) is 0 Å². The van der Waals surface area contributed by atoms with Crippen LogP contribution in [0.1, 0.15) is 47.8 Å². The molecule has 0 fully saturated rings. The minimum absolute atomic E-state index is 0.0759. The number of hydrogen-bond acceptors (Lipinski definition) is 9. The Hall–Kier alpha value is -4.42. The SMILES string of the molecule is CCNc1ccc(/C(=C2/C=CC(=[NH+]CC)C(C)=C2)c2ccc(S(=O)(=O)NCC(O)CNC(=O)c3ccc(B(O)O)cc3)cc2S(=O)(=O)O)cc1C. The number of amides is 1. The van der Waals surface area contributed by atoms with Crippen LogP contribution in [0.4, 0.5) is 5.69 Å². The van der Waals surface area contributed by atoms with Crippen molar-refractivity contribution >= 4 is 55.6 Å². The highest BCUT2D eigenvalue weighted by atomic mass is 32.2. The molecule has 4 rings (SSSR count). The highest BCUT2D eigenvalue weighted by Crippen LogP contribution is 2.36. The van der Waals surface area contributed by atoms with Gasteiger partial charge in [0.25, 0.3) is 16.0 Å². The smallest absolute Gasteiger partial charge is 0.423 e. The quantitative estimate of drug-likeness (QED) is 0.0836. The van der Waals surface area contributed by atoms with E-state index in [9.17, 15) is 41.3 Å². The number of aliphatic hydroxyl groups is 1. The van der Waals surface area contributed by atoms with E-state index in [0.717, 1.165) is 28.6 Å². The lowest BCUT2D eigenvalue weighted by Crippen LogP contribution is -2.72. The van der Waals surface area contributed by atoms with E-state index in [1.54, 1.807) is 0 Å². The van der Waals surface area contributed by atoms with Gasteiger partial charge in [-0.15, -0.1) is 0 Å². The zero-order valence-electron chi connectivity index (χ0n) is 28.6. The van der Waals surface area contributed by atoms with E-state index in [2.05, 4.69) is 20.3 Å². The maximum absolute atomic E-state index is 13.3. The molecule has 1 aliphatic rings. The molecule has 1 aliphatic carbocycles. The van der Waals surface area contributed by atoms with Gasteiger partial charge in [0.1, 0.15) is 11.4 Å². The van der Waals surface area contributed by atoms with Gasteiger partial charge >= 0.3 is 7.12 Å². The van der Waals surface area contributed by atoms with Gasteiger partial charge in [0.15, 0.2) is 0 Å². The summed E-state index contributed by atoms with van der Waals surface area (Å²) in [6.07, 6.45) is 4.21. The second kappa shape index (κ2) is 16.7. The van der Waals surface area contributed by atoms with Crippen molar-refractivity contribution in [3.05, 3.63) is 112 Å². The molecular formula is C35H42BN4O9S2+. The molecule has 3 aromatic carbocycles. The molecule has 0 radical (unpaired) electrons. The van der Waals surface area contributed by atoms with Crippen molar-refractivity contribution < 1.29 is 46.3 Å². The van der Waals surface area contributed by atoms with Crippen molar-refractivity contribution in [3.8, 4) is 0 Å². The molecule has 0 saturated heterocycles. The van der Waals surface area contributed by atoms with Gasteiger partial charge in [-0.2, -0.15) is 8.42 Å². The van der Waals surface area contributed by atoms with Gasteiger partial charge < -0.3 is 25.8 Å². The number of nitrogens with one attached hydrogen (secondary N) is 4. The Bertz CT molecular complexity index is 2130. The number of sulfonamides is 1. The first-order valence-electron chi connectivity index (χ1n) is 16.2. The number of aliphatic hydroxyl groups excluding tert-OH is 1. The summed E-state index contributed by atoms with van der Waals surface area (Å²) in [4.78, 5) is 14.6. The van der Waals surface area contributed by atoms with Crippen molar-refractivity contribution in [2.45, 2.75) is 43.6 Å². The fraction of sp³-hybridized carbons (Fsp3) is 0.257. The van der Waals surface area contributed by atoms with Crippen LogP contribution in [0.15, 0.2) is 99.8 Å². The van der Waals surface area contributed by atoms with Crippen LogP contribution < -0.4 is 25.8 Å². The van der Waals surface area contributed by atoms with E-state index in [1.807, 2.05) is 64.1 Å². The largest absolute Gasteiger partial charge is 0.488 e. The van der Waals surface area contributed by atoms with Gasteiger partial charge in [-0.1, -0.05) is 24.3 Å². The van der Waals surface area contributed by atoms with E-state index in [-0.39, 0.29) is 23.1 Å². The molecule has 1 amide bonds. The van der Waals surface area contributed by atoms with Crippen LogP contribution in [0.2, 0.25) is 0 Å². The lowest BCUT2D eigenvalue weighted by molar-refractivity contribution is -0.451. The van der Waals surface area contributed by atoms with E-state index in [1.165, 1.54) is 36.4 Å². The lowest BCUT2D eigenvalue weighted by Gasteiger charge is -2.19. The summed E-state index contributed by atoms with van der Waals surface area (Å²) < 4.78 is 65.1. The normalized spacial score (nSPS) is 15.7. The molecule has 16 heteroatoms. The number of hydrogen-bond donors (Lipinski definition) is 8. The van der Waals surface area contributed by atoms with Crippen LogP contribution in [0.3, 0.4) is 0 Å². The Morgan fingerprint density at radius 1 is 0.902 bits per heavy atom. The third kappa shape index (κ3) is 9.89. The molecule has 1 atom stereocenters. The zero-order chi connectivity index (χ0) is 37.5. The van der Waals surface area contributed by atoms with Crippen LogP contribution in [0.25, 0.3) is 5.57 Å². The average Bonchev–Trinajstić information content (AvgIpc) is 3.08. The number of benzene rings is 3. The molecule has 0 spiro atoms. The van der Waals surface area contributed by atoms with Crippen molar-refractivity contribution in [1.82, 2.24) is 10.0 Å². The molecular weight excluding hydrogens is 695 g/mol. The molecule has 0 saturated carbocycles. The molecule has 0 bridgehead atoms. The van der Waals surface area contributed by atoms with Gasteiger partial charge in [-0.05, 0) is 104 Å². The fourth-order valence-corrected chi connectivity index (χ4v) is 7.36. The molecule has 0 aromatic heterocycles. The molecule has 0 heterocycles. The second-order valence-corrected chi connectivity index (χ2v) is 15.0. The summed E-state index contributed by atoms with van der Waals surface area (Å²) in [7, 11) is -11.1. The van der Waals surface area contributed by atoms with Gasteiger partial charge in [-0.25, -0.2) is 18.1 Å². The first-order valence-corrected chi connectivity index (χ1v) is 19.1. The Morgan fingerprint density at radius 3 is 2.18 bits per heavy atom. The number of anilines is 1. The molecule has 270 valence electrons. The predicted molar refractivity (Wildman–Crippen MR) is 197 cm³/mol. The minimum Gasteiger partial charge on any atom is -0.423 e. The fourth-order valence-electron chi connectivity index (χ4n) is 5.46. The standard InChI is InChI=1S/C35H41BN4O9S2/c1-5-37-31-15-9-25(17-22(31)3)34(26-10-16-32(38-6-2)23(4)18-26)30-14-13-29(19-33(30)51(47,48)49)50(45,46)40-21-28(41)20-39-35(42)24-7-11-27(12-8-24)36(43)44/h7-19,28,37,40-41,43-44H,5-6,20-21H2,1-4H3,(H,39,42)(H,47,48,49)/p+1/b34-26+,38-32?. The number of allylic oxidation sites excluding steroid dienone is 5. The van der Waals surface area contributed by atoms with Gasteiger partial charge in [0.2, 0.25) is 15.7 Å². The van der Waals surface area contributed by atoms with Crippen molar-refractivity contribution in [2.75, 3.05) is 31.5 Å². The van der Waals surface area contributed by atoms with Gasteiger partial charge in [0, 0.05) is 48.1 Å². The Kier molecular flexibility index (Phi) is 12.9. The Labute approximate surface area is 298 Å². The molecule has 51 heavy (non-hydrogen) atoms. The van der Waals surface area contributed by atoms with Crippen LogP contribution >= 0.6 is 0 Å². The number of carbonyl (C=O) groups is 1. The predicted octanol–water partition coefficient (Wildman–Crippen LogP) is 0.282. The van der Waals surface area contributed by atoms with Crippen LogP contribution in [-0.2, 0) is 20.1 Å². The minimum atomic E-state index is -4.98. The number of aryl methyl sites for hydroxylation is 1. The topological polar surface area (TPSA) is 216 Å². The highest BCUT2D eigenvalue weighted by Gasteiger charge is 2.27. The summed E-state index contributed by atoms with van der Waals surface area (Å²) in [6, 6.07) is 14.4. The summed E-state index contributed by atoms with van der Waals surface area (Å²) >= 11 is 0. The molecule has 3 aromatic rings. The van der Waals surface area contributed by atoms with Crippen LogP contribution in [0, 0.1) is 6.92 Å². The first-order chi connectivity index (χ1) is 24.0. The number of rotatable bonds is 14. The maximum Gasteiger partial charge on any atom is 0.488 e. The molecule has 1 unspecified atom stereocenters. The lowest BCUT2D eigenvalue weighted by atomic mass is 9.80. The Morgan fingerprint density at radius 2 is 1.59 bits per heavy atom. The van der Waals surface area contributed by atoms with E-state index in [4.69, 9.17) is 0 Å². The number of carbonyl (C=O) groups excluding carboxylic acids is 1. The zero-order valence-corrected chi connectivity index (χ0v) is 30.3. The van der Waals surface area contributed by atoms with E-state index in [0.29, 0.717) is 29.8 Å². The maximum atomic E-state index is 13.3. The molecule has 0 aliphatic heterocycles. The third-order valence-electron chi connectivity index (χ3n) is 8.05. The highest BCUT2D eigenvalue weighted by molar-refractivity contribution is 7.89. The summed E-state index contributed by atoms with van der Waals surface area (Å²) in [5, 5.41) is 34.6. The van der Waals surface area contributed by atoms with Crippen LogP contribution in [-0.4, -0.2) is 87.6 Å². The van der Waals surface area contributed by atoms with Crippen molar-refractivity contribution in [2.24, 2.45) is 0 Å². The summed E-state index contributed by atoms with van der Waals surface area (Å²) in [5.41, 5.74) is 5.71. The van der Waals surface area contributed by atoms with E-state index < -0.39 is 55.6 Å².